The molecule has 3 aromatic rings. The van der Waals surface area contributed by atoms with E-state index in [0.29, 0.717) is 41.9 Å². The highest BCUT2D eigenvalue weighted by molar-refractivity contribution is 5.88. The zero-order valence-electron chi connectivity index (χ0n) is 19.6. The molecule has 1 amide bonds. The number of nitrogens with one attached hydrogen (secondary N) is 1. The highest BCUT2D eigenvalue weighted by Crippen LogP contribution is 2.38. The second-order valence-electron chi connectivity index (χ2n) is 8.08. The Morgan fingerprint density at radius 2 is 1.88 bits per heavy atom. The van der Waals surface area contributed by atoms with Gasteiger partial charge >= 0.3 is 0 Å². The van der Waals surface area contributed by atoms with Gasteiger partial charge in [-0.2, -0.15) is 4.98 Å². The normalized spacial score (nSPS) is 16.0. The smallest absolute Gasteiger partial charge is 0.263 e. The van der Waals surface area contributed by atoms with Crippen molar-refractivity contribution in [2.24, 2.45) is 5.92 Å². The van der Waals surface area contributed by atoms with Gasteiger partial charge in [0.05, 0.1) is 32.9 Å². The number of nitrogens with zero attached hydrogens (tertiary/aromatic N) is 4. The van der Waals surface area contributed by atoms with Gasteiger partial charge in [-0.3, -0.25) is 4.79 Å². The maximum Gasteiger partial charge on any atom is 0.263 e. The predicted octanol–water partition coefficient (Wildman–Crippen LogP) is 2.79. The molecule has 1 aliphatic rings. The number of rotatable bonds is 7. The van der Waals surface area contributed by atoms with Crippen LogP contribution < -0.4 is 24.4 Å². The topological polar surface area (TPSA) is 112 Å². The molecule has 1 fully saturated rings. The Morgan fingerprint density at radius 1 is 1.15 bits per heavy atom. The summed E-state index contributed by atoms with van der Waals surface area (Å²) in [5.74, 6) is 2.85. The van der Waals surface area contributed by atoms with Crippen LogP contribution in [0, 0.1) is 19.8 Å². The van der Waals surface area contributed by atoms with Gasteiger partial charge < -0.3 is 29.0 Å². The van der Waals surface area contributed by atoms with Gasteiger partial charge in [0.15, 0.2) is 11.5 Å². The first-order chi connectivity index (χ1) is 15.9. The molecule has 0 bridgehead atoms. The van der Waals surface area contributed by atoms with Crippen LogP contribution in [-0.2, 0) is 11.3 Å². The molecule has 1 aliphatic heterocycles. The number of aryl methyl sites for hydroxylation is 2. The van der Waals surface area contributed by atoms with Crippen molar-refractivity contribution < 1.29 is 23.5 Å². The largest absolute Gasteiger partial charge is 0.493 e. The highest BCUT2D eigenvalue weighted by Gasteiger charge is 2.29. The lowest BCUT2D eigenvalue weighted by Crippen LogP contribution is -2.43. The maximum atomic E-state index is 13.0. The molecule has 4 rings (SSSR count). The van der Waals surface area contributed by atoms with Crippen molar-refractivity contribution >= 4 is 22.8 Å². The average molecular weight is 456 g/mol. The first kappa shape index (κ1) is 22.6. The average Bonchev–Trinajstić information content (AvgIpc) is 3.21. The third-order valence-corrected chi connectivity index (χ3v) is 5.88. The molecule has 0 unspecified atom stereocenters. The number of carbonyl (C=O) groups is 1. The van der Waals surface area contributed by atoms with Crippen LogP contribution >= 0.6 is 0 Å². The summed E-state index contributed by atoms with van der Waals surface area (Å²) >= 11 is 0. The summed E-state index contributed by atoms with van der Waals surface area (Å²) in [6, 6.07) is 3.67. The summed E-state index contributed by atoms with van der Waals surface area (Å²) in [6.07, 6.45) is 1.70. The molecular weight excluding hydrogens is 426 g/mol. The van der Waals surface area contributed by atoms with Gasteiger partial charge in [0.25, 0.3) is 5.71 Å². The summed E-state index contributed by atoms with van der Waals surface area (Å²) in [5, 5.41) is 7.90. The minimum Gasteiger partial charge on any atom is -0.493 e. The van der Waals surface area contributed by atoms with Crippen molar-refractivity contribution in [1.82, 2.24) is 20.4 Å². The second kappa shape index (κ2) is 9.51. The fraction of sp³-hybridized carbons (Fsp3) is 0.478. The van der Waals surface area contributed by atoms with Crippen LogP contribution in [0.3, 0.4) is 0 Å². The van der Waals surface area contributed by atoms with E-state index in [9.17, 15) is 4.79 Å². The molecule has 3 heterocycles. The molecule has 176 valence electrons. The molecule has 1 N–H and O–H groups in total. The summed E-state index contributed by atoms with van der Waals surface area (Å²) in [7, 11) is 4.70. The van der Waals surface area contributed by atoms with Crippen LogP contribution in [-0.4, -0.2) is 55.5 Å². The van der Waals surface area contributed by atoms with Gasteiger partial charge in [0.2, 0.25) is 11.7 Å². The number of hydrogen-bond donors (Lipinski definition) is 1. The first-order valence-corrected chi connectivity index (χ1v) is 10.9. The Balaban J connectivity index is 1.48. The monoisotopic (exact) mass is 455 g/mol. The predicted molar refractivity (Wildman–Crippen MR) is 122 cm³/mol. The van der Waals surface area contributed by atoms with Crippen molar-refractivity contribution in [1.29, 1.82) is 0 Å². The van der Waals surface area contributed by atoms with E-state index < -0.39 is 0 Å². The van der Waals surface area contributed by atoms with Gasteiger partial charge in [-0.25, -0.2) is 4.98 Å². The van der Waals surface area contributed by atoms with Crippen LogP contribution in [0.4, 0.5) is 5.82 Å². The Hall–Kier alpha value is -3.56. The van der Waals surface area contributed by atoms with Crippen LogP contribution in [0.25, 0.3) is 11.1 Å². The summed E-state index contributed by atoms with van der Waals surface area (Å²) < 4.78 is 21.5. The molecular formula is C23H29N5O5. The highest BCUT2D eigenvalue weighted by atomic mass is 16.5. The number of aromatic nitrogens is 3. The summed E-state index contributed by atoms with van der Waals surface area (Å²) in [6.45, 7) is 5.43. The van der Waals surface area contributed by atoms with Crippen molar-refractivity contribution in [3.63, 3.8) is 0 Å². The summed E-state index contributed by atoms with van der Waals surface area (Å²) in [4.78, 5) is 24.1. The number of piperidine rings is 1. The van der Waals surface area contributed by atoms with Crippen molar-refractivity contribution in [2.75, 3.05) is 39.3 Å². The second-order valence-corrected chi connectivity index (χ2v) is 8.08. The zero-order chi connectivity index (χ0) is 23.5. The van der Waals surface area contributed by atoms with E-state index in [4.69, 9.17) is 18.7 Å². The third kappa shape index (κ3) is 4.50. The number of benzene rings is 1. The minimum absolute atomic E-state index is 0.00230. The van der Waals surface area contributed by atoms with Gasteiger partial charge in [-0.05, 0) is 44.4 Å². The number of methoxy groups -OCH3 is 3. The lowest BCUT2D eigenvalue weighted by Gasteiger charge is -2.33. The maximum absolute atomic E-state index is 13.0. The van der Waals surface area contributed by atoms with Crippen molar-refractivity contribution in [3.05, 3.63) is 29.2 Å². The Labute approximate surface area is 192 Å². The van der Waals surface area contributed by atoms with Crippen LogP contribution in [0.1, 0.15) is 29.9 Å². The molecule has 33 heavy (non-hydrogen) atoms. The minimum atomic E-state index is -0.161. The van der Waals surface area contributed by atoms with Gasteiger partial charge in [0, 0.05) is 19.6 Å². The van der Waals surface area contributed by atoms with Crippen LogP contribution in [0.5, 0.6) is 17.2 Å². The molecule has 1 aromatic carbocycles. The molecule has 1 atom stereocenters. The molecule has 0 saturated carbocycles. The number of amides is 1. The molecule has 1 saturated heterocycles. The van der Waals surface area contributed by atoms with E-state index in [0.717, 1.165) is 41.8 Å². The Kier molecular flexibility index (Phi) is 6.52. The number of anilines is 1. The van der Waals surface area contributed by atoms with E-state index in [1.807, 2.05) is 26.0 Å². The Morgan fingerprint density at radius 3 is 2.55 bits per heavy atom. The number of fused-ring (bicyclic) bond motifs is 1. The summed E-state index contributed by atoms with van der Waals surface area (Å²) in [5.41, 5.74) is 2.08. The van der Waals surface area contributed by atoms with Crippen molar-refractivity contribution in [2.45, 2.75) is 33.2 Å². The van der Waals surface area contributed by atoms with E-state index in [2.05, 4.69) is 25.3 Å². The fourth-order valence-corrected chi connectivity index (χ4v) is 4.26. The SMILES string of the molecule is COc1cc(CNC(=O)[C@H]2CCCN(c3nc(C)nc4onc(C)c34)C2)cc(OC)c1OC. The number of hydrogen-bond acceptors (Lipinski definition) is 9. The van der Waals surface area contributed by atoms with E-state index in [1.165, 1.54) is 0 Å². The molecule has 2 aromatic heterocycles. The zero-order valence-corrected chi connectivity index (χ0v) is 19.6. The van der Waals surface area contributed by atoms with E-state index in [-0.39, 0.29) is 11.8 Å². The third-order valence-electron chi connectivity index (χ3n) is 5.88. The van der Waals surface area contributed by atoms with Gasteiger partial charge in [-0.1, -0.05) is 5.16 Å². The molecule has 10 nitrogen and oxygen atoms in total. The number of ether oxygens (including phenoxy) is 3. The quantitative estimate of drug-likeness (QED) is 0.575. The molecule has 0 spiro atoms. The molecule has 0 aliphatic carbocycles. The number of carbonyl (C=O) groups excluding carboxylic acids is 1. The van der Waals surface area contributed by atoms with E-state index >= 15 is 0 Å². The fourth-order valence-electron chi connectivity index (χ4n) is 4.26. The van der Waals surface area contributed by atoms with Gasteiger partial charge in [-0.15, -0.1) is 0 Å². The van der Waals surface area contributed by atoms with Crippen molar-refractivity contribution in [3.8, 4) is 17.2 Å². The van der Waals surface area contributed by atoms with E-state index in [1.54, 1.807) is 21.3 Å². The van der Waals surface area contributed by atoms with Crippen LogP contribution in [0.15, 0.2) is 16.7 Å². The standard InChI is InChI=1S/C23H29N5O5/c1-13-19-21(25-14(2)26-23(19)33-27-13)28-8-6-7-16(12-28)22(29)24-11-15-9-17(30-3)20(32-5)18(10-15)31-4/h9-10,16H,6-8,11-12H2,1-5H3,(H,24,29)/t16-/m0/s1. The molecule has 0 radical (unpaired) electrons. The Bertz CT molecular complexity index is 1140. The van der Waals surface area contributed by atoms with Gasteiger partial charge in [0.1, 0.15) is 17.0 Å². The lowest BCUT2D eigenvalue weighted by atomic mass is 9.96. The molecule has 10 heteroatoms. The lowest BCUT2D eigenvalue weighted by molar-refractivity contribution is -0.125. The first-order valence-electron chi connectivity index (χ1n) is 10.9. The van der Waals surface area contributed by atoms with Crippen LogP contribution in [0.2, 0.25) is 0 Å².